The molecule has 3 atom stereocenters. The first-order valence-electron chi connectivity index (χ1n) is 5.57. The van der Waals surface area contributed by atoms with Crippen molar-refractivity contribution < 1.29 is 9.47 Å². The van der Waals surface area contributed by atoms with Crippen molar-refractivity contribution in [3.63, 3.8) is 0 Å². The van der Waals surface area contributed by atoms with Crippen molar-refractivity contribution in [2.24, 2.45) is 0 Å². The van der Waals surface area contributed by atoms with Gasteiger partial charge >= 0.3 is 0 Å². The highest BCUT2D eigenvalue weighted by Crippen LogP contribution is 2.25. The predicted molar refractivity (Wildman–Crippen MR) is 59.8 cm³/mol. The molecule has 1 saturated heterocycles. The zero-order valence-corrected chi connectivity index (χ0v) is 9.35. The molecule has 0 aliphatic carbocycles. The summed E-state index contributed by atoms with van der Waals surface area (Å²) in [6, 6.07) is 10.5. The Kier molecular flexibility index (Phi) is 3.39. The van der Waals surface area contributed by atoms with E-state index < -0.39 is 0 Å². The molecule has 0 N–H and O–H groups in total. The van der Waals surface area contributed by atoms with E-state index in [4.69, 9.17) is 9.47 Å². The maximum absolute atomic E-state index is 5.63. The van der Waals surface area contributed by atoms with Gasteiger partial charge in [0.15, 0.2) is 6.29 Å². The molecule has 1 aliphatic rings. The average Bonchev–Trinajstić information content (AvgIpc) is 2.65. The molecule has 0 spiro atoms. The van der Waals surface area contributed by atoms with Crippen LogP contribution in [-0.4, -0.2) is 19.0 Å². The lowest BCUT2D eigenvalue weighted by Gasteiger charge is -2.16. The van der Waals surface area contributed by atoms with Crippen LogP contribution < -0.4 is 0 Å². The lowest BCUT2D eigenvalue weighted by Crippen LogP contribution is -2.12. The molecule has 1 aromatic carbocycles. The third-order valence-electron chi connectivity index (χ3n) is 2.82. The van der Waals surface area contributed by atoms with E-state index in [0.29, 0.717) is 5.92 Å². The number of ether oxygens (including phenoxy) is 2. The molecule has 0 amide bonds. The van der Waals surface area contributed by atoms with E-state index >= 15 is 0 Å². The fraction of sp³-hybridized carbons (Fsp3) is 0.538. The molecule has 0 radical (unpaired) electrons. The minimum atomic E-state index is -0.0183. The molecule has 2 nitrogen and oxygen atoms in total. The summed E-state index contributed by atoms with van der Waals surface area (Å²) in [7, 11) is 0. The van der Waals surface area contributed by atoms with Crippen LogP contribution in [0.2, 0.25) is 0 Å². The van der Waals surface area contributed by atoms with E-state index in [1.807, 2.05) is 13.0 Å². The highest BCUT2D eigenvalue weighted by atomic mass is 16.7. The van der Waals surface area contributed by atoms with Crippen LogP contribution in [-0.2, 0) is 9.47 Å². The van der Waals surface area contributed by atoms with Gasteiger partial charge in [-0.2, -0.15) is 0 Å². The molecule has 1 aromatic rings. The molecule has 0 unspecified atom stereocenters. The highest BCUT2D eigenvalue weighted by Gasteiger charge is 2.24. The third-order valence-corrected chi connectivity index (χ3v) is 2.82. The molecule has 0 bridgehead atoms. The lowest BCUT2D eigenvalue weighted by molar-refractivity contribution is -0.0624. The topological polar surface area (TPSA) is 18.5 Å². The molecule has 0 aromatic heterocycles. The van der Waals surface area contributed by atoms with Gasteiger partial charge < -0.3 is 9.47 Å². The van der Waals surface area contributed by atoms with E-state index in [-0.39, 0.29) is 12.4 Å². The Bertz CT molecular complexity index is 297. The molecule has 1 heterocycles. The standard InChI is InChI=1S/C13H18O2/c1-10(12-6-4-3-5-7-12)8-13-14-9-11(2)15-13/h3-7,10-11,13H,8-9H2,1-2H3/t10-,11+,13-/m1/s1. The SMILES string of the molecule is C[C@H](C[C@@H]1OC[C@H](C)O1)c1ccccc1. The zero-order valence-electron chi connectivity index (χ0n) is 9.35. The third kappa shape index (κ3) is 2.80. The fourth-order valence-electron chi connectivity index (χ4n) is 1.91. The van der Waals surface area contributed by atoms with E-state index in [0.717, 1.165) is 13.0 Å². The van der Waals surface area contributed by atoms with Gasteiger partial charge in [-0.15, -0.1) is 0 Å². The largest absolute Gasteiger partial charge is 0.350 e. The van der Waals surface area contributed by atoms with E-state index in [1.54, 1.807) is 0 Å². The molecule has 2 heteroatoms. The molecular formula is C13H18O2. The van der Waals surface area contributed by atoms with Crippen molar-refractivity contribution in [3.8, 4) is 0 Å². The summed E-state index contributed by atoms with van der Waals surface area (Å²) in [5.74, 6) is 0.487. The van der Waals surface area contributed by atoms with Crippen LogP contribution >= 0.6 is 0 Å². The predicted octanol–water partition coefficient (Wildman–Crippen LogP) is 2.94. The minimum absolute atomic E-state index is 0.0183. The Hall–Kier alpha value is -0.860. The summed E-state index contributed by atoms with van der Waals surface area (Å²) in [6.07, 6.45) is 1.17. The second kappa shape index (κ2) is 4.77. The van der Waals surface area contributed by atoms with Crippen LogP contribution in [0, 0.1) is 0 Å². The number of rotatable bonds is 3. The van der Waals surface area contributed by atoms with Gasteiger partial charge in [0, 0.05) is 6.42 Å². The van der Waals surface area contributed by atoms with Crippen LogP contribution in [0.1, 0.15) is 31.7 Å². The van der Waals surface area contributed by atoms with Crippen LogP contribution in [0.3, 0.4) is 0 Å². The summed E-state index contributed by atoms with van der Waals surface area (Å²) in [5, 5.41) is 0. The van der Waals surface area contributed by atoms with Crippen molar-refractivity contribution in [2.45, 2.75) is 38.6 Å². The monoisotopic (exact) mass is 206 g/mol. The van der Waals surface area contributed by atoms with Crippen molar-refractivity contribution in [1.29, 1.82) is 0 Å². The Morgan fingerprint density at radius 1 is 1.33 bits per heavy atom. The maximum atomic E-state index is 5.63. The first-order chi connectivity index (χ1) is 7.25. The van der Waals surface area contributed by atoms with Crippen molar-refractivity contribution in [3.05, 3.63) is 35.9 Å². The summed E-state index contributed by atoms with van der Waals surface area (Å²) < 4.78 is 11.2. The normalized spacial score (nSPS) is 27.9. The summed E-state index contributed by atoms with van der Waals surface area (Å²) >= 11 is 0. The van der Waals surface area contributed by atoms with Crippen LogP contribution in [0.4, 0.5) is 0 Å². The van der Waals surface area contributed by atoms with Crippen molar-refractivity contribution in [1.82, 2.24) is 0 Å². The highest BCUT2D eigenvalue weighted by molar-refractivity contribution is 5.18. The second-order valence-corrected chi connectivity index (χ2v) is 4.26. The molecule has 2 rings (SSSR count). The average molecular weight is 206 g/mol. The quantitative estimate of drug-likeness (QED) is 0.757. The first-order valence-corrected chi connectivity index (χ1v) is 5.57. The lowest BCUT2D eigenvalue weighted by atomic mass is 9.98. The van der Waals surface area contributed by atoms with Crippen LogP contribution in [0.15, 0.2) is 30.3 Å². The first kappa shape index (κ1) is 10.7. The molecule has 1 aliphatic heterocycles. The molecule has 1 fully saturated rings. The van der Waals surface area contributed by atoms with Crippen molar-refractivity contribution in [2.75, 3.05) is 6.61 Å². The molecule has 82 valence electrons. The Morgan fingerprint density at radius 3 is 2.67 bits per heavy atom. The van der Waals surface area contributed by atoms with Crippen LogP contribution in [0.5, 0.6) is 0 Å². The van der Waals surface area contributed by atoms with Gasteiger partial charge in [-0.1, -0.05) is 37.3 Å². The maximum Gasteiger partial charge on any atom is 0.158 e. The zero-order chi connectivity index (χ0) is 10.7. The van der Waals surface area contributed by atoms with Gasteiger partial charge in [0.05, 0.1) is 12.7 Å². The van der Waals surface area contributed by atoms with Gasteiger partial charge in [-0.3, -0.25) is 0 Å². The van der Waals surface area contributed by atoms with Gasteiger partial charge in [-0.25, -0.2) is 0 Å². The van der Waals surface area contributed by atoms with E-state index in [9.17, 15) is 0 Å². The summed E-state index contributed by atoms with van der Waals surface area (Å²) in [5.41, 5.74) is 1.35. The number of hydrogen-bond donors (Lipinski definition) is 0. The van der Waals surface area contributed by atoms with Gasteiger partial charge in [-0.05, 0) is 18.4 Å². The van der Waals surface area contributed by atoms with Crippen molar-refractivity contribution >= 4 is 0 Å². The number of hydrogen-bond acceptors (Lipinski definition) is 2. The van der Waals surface area contributed by atoms with Gasteiger partial charge in [0.1, 0.15) is 0 Å². The molecular weight excluding hydrogens is 188 g/mol. The number of benzene rings is 1. The van der Waals surface area contributed by atoms with E-state index in [1.165, 1.54) is 5.56 Å². The Morgan fingerprint density at radius 2 is 2.07 bits per heavy atom. The van der Waals surface area contributed by atoms with Gasteiger partial charge in [0.2, 0.25) is 0 Å². The Balaban J connectivity index is 1.90. The summed E-state index contributed by atoms with van der Waals surface area (Å²) in [6.45, 7) is 4.99. The van der Waals surface area contributed by atoms with Crippen LogP contribution in [0.25, 0.3) is 0 Å². The minimum Gasteiger partial charge on any atom is -0.350 e. The molecule has 15 heavy (non-hydrogen) atoms. The second-order valence-electron chi connectivity index (χ2n) is 4.26. The van der Waals surface area contributed by atoms with E-state index in [2.05, 4.69) is 31.2 Å². The summed E-state index contributed by atoms with van der Waals surface area (Å²) in [4.78, 5) is 0. The fourth-order valence-corrected chi connectivity index (χ4v) is 1.91. The Labute approximate surface area is 91.2 Å². The smallest absolute Gasteiger partial charge is 0.158 e. The van der Waals surface area contributed by atoms with Gasteiger partial charge in [0.25, 0.3) is 0 Å². The molecule has 0 saturated carbocycles.